The maximum absolute atomic E-state index is 11.8. The Bertz CT molecular complexity index is 1240. The van der Waals surface area contributed by atoms with Crippen LogP contribution in [0.5, 0.6) is 11.5 Å². The number of piperidine rings is 1. The number of nitrogens with zero attached hydrogens (tertiary/aromatic N) is 4. The fraction of sp³-hybridized carbons (Fsp3) is 0.379. The van der Waals surface area contributed by atoms with Crippen LogP contribution in [0.15, 0.2) is 77.5 Å². The van der Waals surface area contributed by atoms with Gasteiger partial charge in [0, 0.05) is 31.4 Å². The number of hydrogen-bond acceptors (Lipinski definition) is 7. The van der Waals surface area contributed by atoms with Crippen LogP contribution in [0.3, 0.4) is 0 Å². The Kier molecular flexibility index (Phi) is 7.15. The molecule has 0 radical (unpaired) electrons. The smallest absolute Gasteiger partial charge is 0.209 e. The highest BCUT2D eigenvalue weighted by molar-refractivity contribution is 6.29. The van der Waals surface area contributed by atoms with E-state index in [9.17, 15) is 5.11 Å². The van der Waals surface area contributed by atoms with Gasteiger partial charge in [-0.2, -0.15) is 0 Å². The number of aliphatic hydroxyl groups excluding tert-OH is 1. The van der Waals surface area contributed by atoms with Crippen molar-refractivity contribution in [2.24, 2.45) is 10.9 Å². The first kappa shape index (κ1) is 25.2. The number of ether oxygens (including phenoxy) is 2. The van der Waals surface area contributed by atoms with Crippen molar-refractivity contribution >= 4 is 23.1 Å². The van der Waals surface area contributed by atoms with Crippen LogP contribution in [0, 0.1) is 5.92 Å². The number of anilines is 1. The Morgan fingerprint density at radius 3 is 2.32 bits per heavy atom. The third kappa shape index (κ3) is 5.05. The van der Waals surface area contributed by atoms with Gasteiger partial charge in [-0.25, -0.2) is 9.98 Å². The molecule has 194 valence electrons. The Hall–Kier alpha value is -3.45. The van der Waals surface area contributed by atoms with E-state index >= 15 is 0 Å². The standard InChI is InChI=1S/C29H33ClN4O3/c1-18-27(19(2)33-14-12-21(13-15-33)22-10-11-25(30)31-17-22)29(35)34(26(32-18)16-20-8-9-20)28-23(36-3)6-5-7-24(28)37-4/h5-7,10-11,17,20-21,35H,1-2,8-9,12-16H2,3-4H3. The van der Waals surface area contributed by atoms with Gasteiger partial charge in [-0.15, -0.1) is 0 Å². The molecule has 1 aromatic carbocycles. The summed E-state index contributed by atoms with van der Waals surface area (Å²) in [7, 11) is 3.22. The highest BCUT2D eigenvalue weighted by atomic mass is 35.5. The Morgan fingerprint density at radius 1 is 1.08 bits per heavy atom. The van der Waals surface area contributed by atoms with Gasteiger partial charge in [0.25, 0.3) is 0 Å². The first-order valence-electron chi connectivity index (χ1n) is 12.7. The molecular formula is C29H33ClN4O3. The van der Waals surface area contributed by atoms with Gasteiger partial charge in [0.1, 0.15) is 28.2 Å². The number of aliphatic hydroxyl groups is 1. The summed E-state index contributed by atoms with van der Waals surface area (Å²) < 4.78 is 11.4. The number of aromatic nitrogens is 1. The summed E-state index contributed by atoms with van der Waals surface area (Å²) in [6.07, 6.45) is 6.81. The van der Waals surface area contributed by atoms with E-state index in [0.29, 0.717) is 51.1 Å². The zero-order valence-electron chi connectivity index (χ0n) is 21.4. The van der Waals surface area contributed by atoms with Crippen LogP contribution < -0.4 is 14.4 Å². The number of hydrogen-bond donors (Lipinski definition) is 1. The van der Waals surface area contributed by atoms with E-state index < -0.39 is 0 Å². The highest BCUT2D eigenvalue weighted by Crippen LogP contribution is 2.45. The molecule has 8 heteroatoms. The molecule has 0 spiro atoms. The number of halogens is 1. The van der Waals surface area contributed by atoms with Crippen LogP contribution in [0.25, 0.3) is 0 Å². The summed E-state index contributed by atoms with van der Waals surface area (Å²) >= 11 is 5.97. The lowest BCUT2D eigenvalue weighted by molar-refractivity contribution is 0.265. The number of amidine groups is 1. The molecule has 3 heterocycles. The summed E-state index contributed by atoms with van der Waals surface area (Å²) in [5, 5.41) is 12.3. The van der Waals surface area contributed by atoms with Crippen LogP contribution in [-0.2, 0) is 0 Å². The molecule has 2 aromatic rings. The second kappa shape index (κ2) is 10.5. The number of likely N-dealkylation sites (tertiary alicyclic amines) is 1. The molecule has 5 rings (SSSR count). The van der Waals surface area contributed by atoms with Crippen molar-refractivity contribution in [3.05, 3.63) is 83.3 Å². The Labute approximate surface area is 223 Å². The molecule has 0 unspecified atom stereocenters. The third-order valence-electron chi connectivity index (χ3n) is 7.43. The number of aliphatic imine (C=N–C) groups is 1. The fourth-order valence-electron chi connectivity index (χ4n) is 5.19. The van der Waals surface area contributed by atoms with Crippen LogP contribution in [-0.4, -0.2) is 48.1 Å². The van der Waals surface area contributed by atoms with Crippen molar-refractivity contribution in [1.29, 1.82) is 0 Å². The largest absolute Gasteiger partial charge is 0.494 e. The molecule has 1 aliphatic carbocycles. The van der Waals surface area contributed by atoms with Crippen LogP contribution in [0.2, 0.25) is 5.15 Å². The second-order valence-electron chi connectivity index (χ2n) is 9.79. The fourth-order valence-corrected chi connectivity index (χ4v) is 5.31. The molecule has 2 fully saturated rings. The first-order valence-corrected chi connectivity index (χ1v) is 13.1. The van der Waals surface area contributed by atoms with Crippen molar-refractivity contribution in [3.8, 4) is 11.5 Å². The summed E-state index contributed by atoms with van der Waals surface area (Å²) in [4.78, 5) is 13.1. The summed E-state index contributed by atoms with van der Waals surface area (Å²) in [5.74, 6) is 2.91. The van der Waals surface area contributed by atoms with Crippen LogP contribution in [0.1, 0.15) is 43.6 Å². The van der Waals surface area contributed by atoms with Gasteiger partial charge >= 0.3 is 0 Å². The van der Waals surface area contributed by atoms with Gasteiger partial charge in [0.2, 0.25) is 5.88 Å². The second-order valence-corrected chi connectivity index (χ2v) is 10.2. The lowest BCUT2D eigenvalue weighted by atomic mass is 9.90. The number of rotatable bonds is 8. The van der Waals surface area contributed by atoms with Crippen molar-refractivity contribution in [1.82, 2.24) is 9.88 Å². The first-order chi connectivity index (χ1) is 17.9. The van der Waals surface area contributed by atoms with E-state index in [2.05, 4.69) is 29.1 Å². The zero-order valence-corrected chi connectivity index (χ0v) is 22.2. The Balaban J connectivity index is 1.45. The quantitative estimate of drug-likeness (QED) is 0.403. The third-order valence-corrected chi connectivity index (χ3v) is 7.65. The minimum atomic E-state index is 0.0486. The number of para-hydroxylation sites is 1. The van der Waals surface area contributed by atoms with Gasteiger partial charge in [-0.05, 0) is 61.3 Å². The topological polar surface area (TPSA) is 70.4 Å². The summed E-state index contributed by atoms with van der Waals surface area (Å²) in [5.41, 5.74) is 3.59. The van der Waals surface area contributed by atoms with Crippen molar-refractivity contribution in [2.75, 3.05) is 32.2 Å². The lowest BCUT2D eigenvalue weighted by Gasteiger charge is -2.38. The molecule has 1 saturated heterocycles. The number of methoxy groups -OCH3 is 2. The van der Waals surface area contributed by atoms with Gasteiger partial charge in [-0.1, -0.05) is 36.9 Å². The predicted octanol–water partition coefficient (Wildman–Crippen LogP) is 6.45. The molecule has 1 N–H and O–H groups in total. The monoisotopic (exact) mass is 520 g/mol. The summed E-state index contributed by atoms with van der Waals surface area (Å²) in [6, 6.07) is 9.47. The van der Waals surface area contributed by atoms with Crippen molar-refractivity contribution < 1.29 is 14.6 Å². The lowest BCUT2D eigenvalue weighted by Crippen LogP contribution is -2.38. The molecular weight excluding hydrogens is 488 g/mol. The van der Waals surface area contributed by atoms with E-state index in [0.717, 1.165) is 51.0 Å². The van der Waals surface area contributed by atoms with E-state index in [-0.39, 0.29) is 5.88 Å². The average molecular weight is 521 g/mol. The molecule has 3 aliphatic rings. The number of pyridine rings is 1. The van der Waals surface area contributed by atoms with Crippen molar-refractivity contribution in [2.45, 2.75) is 38.0 Å². The molecule has 1 saturated carbocycles. The maximum Gasteiger partial charge on any atom is 0.209 e. The van der Waals surface area contributed by atoms with E-state index in [1.807, 2.05) is 30.5 Å². The molecule has 1 aromatic heterocycles. The van der Waals surface area contributed by atoms with Gasteiger partial charge in [0.05, 0.1) is 25.5 Å². The van der Waals surface area contributed by atoms with Gasteiger partial charge in [-0.3, -0.25) is 4.90 Å². The normalized spacial score (nSPS) is 18.7. The molecule has 0 bridgehead atoms. The zero-order chi connectivity index (χ0) is 26.1. The highest BCUT2D eigenvalue weighted by Gasteiger charge is 2.37. The maximum atomic E-state index is 11.8. The van der Waals surface area contributed by atoms with E-state index in [1.165, 1.54) is 5.56 Å². The molecule has 0 amide bonds. The molecule has 0 atom stereocenters. The number of benzene rings is 1. The van der Waals surface area contributed by atoms with Gasteiger partial charge < -0.3 is 19.5 Å². The predicted molar refractivity (Wildman–Crippen MR) is 148 cm³/mol. The Morgan fingerprint density at radius 2 is 1.76 bits per heavy atom. The van der Waals surface area contributed by atoms with Crippen LogP contribution >= 0.6 is 11.6 Å². The summed E-state index contributed by atoms with van der Waals surface area (Å²) in [6.45, 7) is 10.2. The molecule has 2 aliphatic heterocycles. The van der Waals surface area contributed by atoms with E-state index in [4.69, 9.17) is 26.1 Å². The van der Waals surface area contributed by atoms with Gasteiger partial charge in [0.15, 0.2) is 0 Å². The van der Waals surface area contributed by atoms with E-state index in [1.54, 1.807) is 19.1 Å². The average Bonchev–Trinajstić information content (AvgIpc) is 3.73. The SMILES string of the molecule is C=C1N=C(CC2CC2)N(c2c(OC)cccc2OC)C(O)=C1C(=C)N1CCC(c2ccc(Cl)nc2)CC1. The molecule has 7 nitrogen and oxygen atoms in total. The van der Waals surface area contributed by atoms with Crippen molar-refractivity contribution in [3.63, 3.8) is 0 Å². The minimum absolute atomic E-state index is 0.0486. The van der Waals surface area contributed by atoms with Crippen LogP contribution in [0.4, 0.5) is 5.69 Å². The minimum Gasteiger partial charge on any atom is -0.494 e. The molecule has 37 heavy (non-hydrogen) atoms.